The van der Waals surface area contributed by atoms with Gasteiger partial charge in [0.25, 0.3) is 0 Å². The number of nitrogens with zero attached hydrogens (tertiary/aromatic N) is 4. The van der Waals surface area contributed by atoms with Gasteiger partial charge in [-0.3, -0.25) is 4.57 Å². The molecule has 0 atom stereocenters. The topological polar surface area (TPSA) is 60.0 Å². The molecule has 0 aliphatic rings. The molecule has 1 aromatic heterocycles. The van der Waals surface area contributed by atoms with Crippen LogP contribution in [-0.4, -0.2) is 46.1 Å². The number of anilines is 1. The van der Waals surface area contributed by atoms with Gasteiger partial charge in [-0.2, -0.15) is 0 Å². The maximum Gasteiger partial charge on any atom is 0.222 e. The molecule has 1 aromatic rings. The largest absolute Gasteiger partial charge is 0.368 e. The van der Waals surface area contributed by atoms with E-state index in [0.717, 1.165) is 23.9 Å². The quantitative estimate of drug-likeness (QED) is 0.606. The predicted molar refractivity (Wildman–Crippen MR) is 68.7 cm³/mol. The van der Waals surface area contributed by atoms with Crippen molar-refractivity contribution in [2.75, 3.05) is 32.1 Å². The van der Waals surface area contributed by atoms with E-state index in [0.29, 0.717) is 12.0 Å². The molecule has 0 saturated heterocycles. The maximum atomic E-state index is 5.76. The summed E-state index contributed by atoms with van der Waals surface area (Å²) in [6.07, 6.45) is 1.14. The molecule has 0 bridgehead atoms. The summed E-state index contributed by atoms with van der Waals surface area (Å²) in [6, 6.07) is 0.311. The second-order valence-electron chi connectivity index (χ2n) is 4.31. The number of nitrogen functional groups attached to an aromatic ring is 1. The van der Waals surface area contributed by atoms with E-state index < -0.39 is 0 Å². The van der Waals surface area contributed by atoms with E-state index in [9.17, 15) is 0 Å². The molecule has 1 heterocycles. The van der Waals surface area contributed by atoms with Crippen molar-refractivity contribution in [3.05, 3.63) is 0 Å². The van der Waals surface area contributed by atoms with Crippen LogP contribution in [0.15, 0.2) is 5.16 Å². The third-order valence-electron chi connectivity index (χ3n) is 2.19. The van der Waals surface area contributed by atoms with Gasteiger partial charge in [-0.15, -0.1) is 10.2 Å². The Morgan fingerprint density at radius 3 is 2.62 bits per heavy atom. The number of hydrogen-bond donors (Lipinski definition) is 1. The molecule has 6 heteroatoms. The summed E-state index contributed by atoms with van der Waals surface area (Å²) in [5.74, 6) is 1.55. The molecule has 2 N–H and O–H groups in total. The van der Waals surface area contributed by atoms with Gasteiger partial charge in [-0.25, -0.2) is 0 Å². The number of thioether (sulfide) groups is 1. The van der Waals surface area contributed by atoms with Crippen molar-refractivity contribution in [1.29, 1.82) is 0 Å². The van der Waals surface area contributed by atoms with Crippen molar-refractivity contribution in [3.63, 3.8) is 0 Å². The van der Waals surface area contributed by atoms with Crippen molar-refractivity contribution >= 4 is 17.7 Å². The van der Waals surface area contributed by atoms with E-state index >= 15 is 0 Å². The fourth-order valence-corrected chi connectivity index (χ4v) is 2.41. The molecule has 0 radical (unpaired) electrons. The fraction of sp³-hybridized carbons (Fsp3) is 0.800. The highest BCUT2D eigenvalue weighted by Crippen LogP contribution is 2.22. The molecular weight excluding hydrogens is 222 g/mol. The highest BCUT2D eigenvalue weighted by Gasteiger charge is 2.12. The third kappa shape index (κ3) is 3.68. The Hall–Kier alpha value is -0.750. The molecule has 0 unspecified atom stereocenters. The molecule has 0 saturated carbocycles. The van der Waals surface area contributed by atoms with Crippen molar-refractivity contribution in [2.24, 2.45) is 0 Å². The van der Waals surface area contributed by atoms with Crippen LogP contribution in [0, 0.1) is 0 Å². The predicted octanol–water partition coefficient (Wildman–Crippen LogP) is 1.49. The lowest BCUT2D eigenvalue weighted by Crippen LogP contribution is -2.13. The van der Waals surface area contributed by atoms with E-state index in [-0.39, 0.29) is 0 Å². The second kappa shape index (κ2) is 6.10. The molecule has 92 valence electrons. The molecule has 0 aliphatic heterocycles. The van der Waals surface area contributed by atoms with Crippen molar-refractivity contribution in [3.8, 4) is 0 Å². The Morgan fingerprint density at radius 1 is 1.38 bits per heavy atom. The van der Waals surface area contributed by atoms with Gasteiger partial charge in [0.15, 0.2) is 5.16 Å². The molecule has 1 rings (SSSR count). The van der Waals surface area contributed by atoms with Crippen LogP contribution in [-0.2, 0) is 0 Å². The van der Waals surface area contributed by atoms with Gasteiger partial charge in [-0.05, 0) is 40.9 Å². The average molecular weight is 243 g/mol. The van der Waals surface area contributed by atoms with Crippen LogP contribution in [0.5, 0.6) is 0 Å². The first-order chi connectivity index (χ1) is 7.52. The van der Waals surface area contributed by atoms with E-state index in [1.54, 1.807) is 11.8 Å². The smallest absolute Gasteiger partial charge is 0.222 e. The summed E-state index contributed by atoms with van der Waals surface area (Å²) in [4.78, 5) is 2.18. The van der Waals surface area contributed by atoms with Crippen LogP contribution < -0.4 is 5.73 Å². The SMILES string of the molecule is CC(C)n1c(N)nnc1SCCCN(C)C. The Balaban J connectivity index is 2.48. The zero-order chi connectivity index (χ0) is 12.1. The maximum absolute atomic E-state index is 5.76. The van der Waals surface area contributed by atoms with Crippen molar-refractivity contribution < 1.29 is 0 Å². The van der Waals surface area contributed by atoms with Gasteiger partial charge in [0, 0.05) is 11.8 Å². The highest BCUT2D eigenvalue weighted by molar-refractivity contribution is 7.99. The normalized spacial score (nSPS) is 11.6. The van der Waals surface area contributed by atoms with E-state index in [4.69, 9.17) is 5.73 Å². The lowest BCUT2D eigenvalue weighted by Gasteiger charge is -2.12. The molecule has 0 spiro atoms. The Labute approximate surface area is 101 Å². The van der Waals surface area contributed by atoms with Gasteiger partial charge in [-0.1, -0.05) is 11.8 Å². The molecule has 16 heavy (non-hydrogen) atoms. The molecule has 5 nitrogen and oxygen atoms in total. The monoisotopic (exact) mass is 243 g/mol. The zero-order valence-corrected chi connectivity index (χ0v) is 11.3. The minimum Gasteiger partial charge on any atom is -0.368 e. The lowest BCUT2D eigenvalue weighted by molar-refractivity contribution is 0.410. The average Bonchev–Trinajstić information content (AvgIpc) is 2.54. The first kappa shape index (κ1) is 13.3. The van der Waals surface area contributed by atoms with Gasteiger partial charge in [0.1, 0.15) is 0 Å². The minimum absolute atomic E-state index is 0.311. The molecule has 0 amide bonds. The first-order valence-electron chi connectivity index (χ1n) is 5.50. The standard InChI is InChI=1S/C10H21N5S/c1-8(2)15-9(11)12-13-10(15)16-7-5-6-14(3)4/h8H,5-7H2,1-4H3,(H2,11,12). The fourth-order valence-electron chi connectivity index (χ4n) is 1.42. The third-order valence-corrected chi connectivity index (χ3v) is 3.22. The van der Waals surface area contributed by atoms with Crippen molar-refractivity contribution in [1.82, 2.24) is 19.7 Å². The minimum atomic E-state index is 0.311. The Kier molecular flexibility index (Phi) is 5.08. The summed E-state index contributed by atoms with van der Waals surface area (Å²) < 4.78 is 1.97. The second-order valence-corrected chi connectivity index (χ2v) is 5.37. The Morgan fingerprint density at radius 2 is 2.06 bits per heavy atom. The van der Waals surface area contributed by atoms with E-state index in [2.05, 4.69) is 43.0 Å². The lowest BCUT2D eigenvalue weighted by atomic mass is 10.4. The van der Waals surface area contributed by atoms with E-state index in [1.165, 1.54) is 0 Å². The van der Waals surface area contributed by atoms with Gasteiger partial charge in [0.05, 0.1) is 0 Å². The van der Waals surface area contributed by atoms with Crippen LogP contribution >= 0.6 is 11.8 Å². The molecule has 0 aromatic carbocycles. The van der Waals surface area contributed by atoms with Gasteiger partial charge >= 0.3 is 0 Å². The molecular formula is C10H21N5S. The van der Waals surface area contributed by atoms with Crippen molar-refractivity contribution in [2.45, 2.75) is 31.5 Å². The van der Waals surface area contributed by atoms with Crippen LogP contribution in [0.25, 0.3) is 0 Å². The first-order valence-corrected chi connectivity index (χ1v) is 6.49. The summed E-state index contributed by atoms with van der Waals surface area (Å²) in [7, 11) is 4.17. The summed E-state index contributed by atoms with van der Waals surface area (Å²) in [5.41, 5.74) is 5.76. The van der Waals surface area contributed by atoms with Crippen LogP contribution in [0.4, 0.5) is 5.95 Å². The number of hydrogen-bond acceptors (Lipinski definition) is 5. The summed E-state index contributed by atoms with van der Waals surface area (Å²) in [6.45, 7) is 5.27. The zero-order valence-electron chi connectivity index (χ0n) is 10.5. The number of nitrogens with two attached hydrogens (primary N) is 1. The summed E-state index contributed by atoms with van der Waals surface area (Å²) in [5, 5.41) is 8.92. The van der Waals surface area contributed by atoms with Gasteiger partial charge < -0.3 is 10.6 Å². The van der Waals surface area contributed by atoms with Crippen LogP contribution in [0.1, 0.15) is 26.3 Å². The van der Waals surface area contributed by atoms with Crippen LogP contribution in [0.2, 0.25) is 0 Å². The summed E-state index contributed by atoms with van der Waals surface area (Å²) >= 11 is 1.72. The Bertz CT molecular complexity index is 321. The number of rotatable bonds is 6. The highest BCUT2D eigenvalue weighted by atomic mass is 32.2. The van der Waals surface area contributed by atoms with Gasteiger partial charge in [0.2, 0.25) is 5.95 Å². The van der Waals surface area contributed by atoms with E-state index in [1.807, 2.05) is 4.57 Å². The van der Waals surface area contributed by atoms with Crippen LogP contribution in [0.3, 0.4) is 0 Å². The number of aromatic nitrogens is 3. The molecule has 0 aliphatic carbocycles. The molecule has 0 fully saturated rings.